The second-order valence-electron chi connectivity index (χ2n) is 10.4. The maximum absolute atomic E-state index is 13.5. The smallest absolute Gasteiger partial charge is 0.334 e. The fourth-order valence-electron chi connectivity index (χ4n) is 4.96. The summed E-state index contributed by atoms with van der Waals surface area (Å²) in [5, 5.41) is 14.4. The van der Waals surface area contributed by atoms with Crippen molar-refractivity contribution in [2.24, 2.45) is 5.14 Å². The van der Waals surface area contributed by atoms with Crippen molar-refractivity contribution in [2.75, 3.05) is 44.2 Å². The molecule has 2 aliphatic heterocycles. The molecule has 216 valence electrons. The Hall–Kier alpha value is -2.31. The standard InChI is InChI=1S/C25H35F3N6O3S2/c1-24(2)22(35)34(20-10-9-19(18-29)21(17-20)25(26,27)28)23(38)33(24)12-8-6-4-3-5-7-11-31-13-15-32(16-14-31)39(30,36)37/h9-10,17H,3-8,11-16H2,1-2H3,(H2,30,36,37). The molecular formula is C25H35F3N6O3S2. The van der Waals surface area contributed by atoms with Crippen LogP contribution in [0.4, 0.5) is 18.9 Å². The topological polar surface area (TPSA) is 114 Å². The van der Waals surface area contributed by atoms with Crippen LogP contribution in [0.25, 0.3) is 0 Å². The summed E-state index contributed by atoms with van der Waals surface area (Å²) in [4.78, 5) is 18.3. The fraction of sp³-hybridized carbons (Fsp3) is 0.640. The van der Waals surface area contributed by atoms with Crippen LogP contribution < -0.4 is 10.0 Å². The summed E-state index contributed by atoms with van der Waals surface area (Å²) in [6.45, 7) is 7.03. The van der Waals surface area contributed by atoms with E-state index in [1.807, 2.05) is 0 Å². The number of hydrogen-bond donors (Lipinski definition) is 1. The lowest BCUT2D eigenvalue weighted by Crippen LogP contribution is -2.50. The Labute approximate surface area is 233 Å². The van der Waals surface area contributed by atoms with Crippen LogP contribution in [-0.2, 0) is 21.2 Å². The number of nitrogens with zero attached hydrogens (tertiary/aromatic N) is 5. The second kappa shape index (κ2) is 12.5. The van der Waals surface area contributed by atoms with Gasteiger partial charge < -0.3 is 9.80 Å². The van der Waals surface area contributed by atoms with Gasteiger partial charge in [0.1, 0.15) is 5.54 Å². The van der Waals surface area contributed by atoms with E-state index < -0.39 is 39.0 Å². The molecule has 0 radical (unpaired) electrons. The van der Waals surface area contributed by atoms with Crippen molar-refractivity contribution in [1.82, 2.24) is 14.1 Å². The Morgan fingerprint density at radius 3 is 2.13 bits per heavy atom. The molecule has 0 atom stereocenters. The van der Waals surface area contributed by atoms with Crippen molar-refractivity contribution in [3.63, 3.8) is 0 Å². The summed E-state index contributed by atoms with van der Waals surface area (Å²) in [7, 11) is -3.61. The molecule has 0 bridgehead atoms. The monoisotopic (exact) mass is 588 g/mol. The Bertz CT molecular complexity index is 1210. The average molecular weight is 589 g/mol. The zero-order chi connectivity index (χ0) is 29.0. The van der Waals surface area contributed by atoms with Gasteiger partial charge in [-0.05, 0) is 63.7 Å². The number of amides is 1. The Morgan fingerprint density at radius 2 is 1.59 bits per heavy atom. The largest absolute Gasteiger partial charge is 0.417 e. The first kappa shape index (κ1) is 31.2. The number of halogens is 3. The molecule has 2 saturated heterocycles. The average Bonchev–Trinajstić information content (AvgIpc) is 3.03. The number of benzene rings is 1. The lowest BCUT2D eigenvalue weighted by atomic mass is 10.0. The van der Waals surface area contributed by atoms with Gasteiger partial charge in [-0.2, -0.15) is 31.2 Å². The van der Waals surface area contributed by atoms with Gasteiger partial charge in [0, 0.05) is 32.7 Å². The van der Waals surface area contributed by atoms with Crippen LogP contribution in [0.15, 0.2) is 18.2 Å². The molecule has 0 unspecified atom stereocenters. The molecule has 1 aromatic carbocycles. The number of carbonyl (C=O) groups excluding carboxylic acids is 1. The molecule has 0 aliphatic carbocycles. The highest BCUT2D eigenvalue weighted by atomic mass is 32.2. The summed E-state index contributed by atoms with van der Waals surface area (Å²) < 4.78 is 64.5. The molecule has 1 amide bonds. The number of nitrogens with two attached hydrogens (primary N) is 1. The molecule has 14 heteroatoms. The summed E-state index contributed by atoms with van der Waals surface area (Å²) in [5.74, 6) is -0.407. The van der Waals surface area contributed by atoms with Crippen molar-refractivity contribution in [1.29, 1.82) is 5.26 Å². The normalized spacial score (nSPS) is 19.1. The van der Waals surface area contributed by atoms with Crippen LogP contribution >= 0.6 is 12.2 Å². The van der Waals surface area contributed by atoms with Crippen molar-refractivity contribution < 1.29 is 26.4 Å². The third kappa shape index (κ3) is 7.46. The fourth-order valence-corrected chi connectivity index (χ4v) is 6.14. The van der Waals surface area contributed by atoms with Gasteiger partial charge in [-0.25, -0.2) is 5.14 Å². The first-order valence-corrected chi connectivity index (χ1v) is 14.9. The van der Waals surface area contributed by atoms with E-state index in [0.29, 0.717) is 32.7 Å². The maximum Gasteiger partial charge on any atom is 0.417 e. The Balaban J connectivity index is 1.44. The highest BCUT2D eigenvalue weighted by molar-refractivity contribution is 7.86. The second-order valence-corrected chi connectivity index (χ2v) is 12.3. The number of rotatable bonds is 11. The third-order valence-corrected chi connectivity index (χ3v) is 8.80. The van der Waals surface area contributed by atoms with E-state index in [2.05, 4.69) is 4.90 Å². The molecular weight excluding hydrogens is 553 g/mol. The first-order valence-electron chi connectivity index (χ1n) is 13.0. The lowest BCUT2D eigenvalue weighted by Gasteiger charge is -2.32. The van der Waals surface area contributed by atoms with E-state index in [9.17, 15) is 26.4 Å². The van der Waals surface area contributed by atoms with Gasteiger partial charge in [-0.1, -0.05) is 25.7 Å². The van der Waals surface area contributed by atoms with Crippen molar-refractivity contribution >= 4 is 39.1 Å². The minimum absolute atomic E-state index is 0.00188. The van der Waals surface area contributed by atoms with Crippen LogP contribution in [0.3, 0.4) is 0 Å². The van der Waals surface area contributed by atoms with Gasteiger partial charge in [0.25, 0.3) is 16.1 Å². The van der Waals surface area contributed by atoms with Crippen molar-refractivity contribution in [2.45, 2.75) is 64.1 Å². The Morgan fingerprint density at radius 1 is 1.03 bits per heavy atom. The molecule has 9 nitrogen and oxygen atoms in total. The van der Waals surface area contributed by atoms with E-state index in [4.69, 9.17) is 22.6 Å². The highest BCUT2D eigenvalue weighted by Crippen LogP contribution is 2.38. The van der Waals surface area contributed by atoms with Crippen LogP contribution in [0.2, 0.25) is 0 Å². The quantitative estimate of drug-likeness (QED) is 0.311. The molecule has 2 fully saturated rings. The minimum Gasteiger partial charge on any atom is -0.334 e. The van der Waals surface area contributed by atoms with Gasteiger partial charge in [-0.3, -0.25) is 9.69 Å². The molecule has 2 aliphatic rings. The third-order valence-electron chi connectivity index (χ3n) is 7.31. The van der Waals surface area contributed by atoms with E-state index >= 15 is 0 Å². The van der Waals surface area contributed by atoms with Gasteiger partial charge in [0.05, 0.1) is 22.9 Å². The number of alkyl halides is 3. The van der Waals surface area contributed by atoms with Gasteiger partial charge >= 0.3 is 6.18 Å². The van der Waals surface area contributed by atoms with E-state index in [1.54, 1.807) is 24.8 Å². The number of carbonyl (C=O) groups is 1. The van der Waals surface area contributed by atoms with Crippen LogP contribution in [0.5, 0.6) is 0 Å². The van der Waals surface area contributed by atoms with Crippen LogP contribution in [0.1, 0.15) is 63.5 Å². The molecule has 2 heterocycles. The number of unbranched alkanes of at least 4 members (excludes halogenated alkanes) is 5. The van der Waals surface area contributed by atoms with Crippen molar-refractivity contribution in [3.8, 4) is 6.07 Å². The molecule has 3 rings (SSSR count). The SMILES string of the molecule is CC1(C)C(=O)N(c2ccc(C#N)c(C(F)(F)F)c2)C(=S)N1CCCCCCCCN1CCN(S(N)(=O)=O)CC1. The molecule has 39 heavy (non-hydrogen) atoms. The Kier molecular flexibility index (Phi) is 9.98. The van der Waals surface area contributed by atoms with E-state index in [-0.39, 0.29) is 10.8 Å². The summed E-state index contributed by atoms with van der Waals surface area (Å²) in [5.41, 5.74) is -2.61. The lowest BCUT2D eigenvalue weighted by molar-refractivity contribution is -0.137. The molecule has 1 aromatic rings. The summed E-state index contributed by atoms with van der Waals surface area (Å²) in [6, 6.07) is 4.74. The van der Waals surface area contributed by atoms with Crippen LogP contribution in [-0.4, -0.2) is 78.3 Å². The van der Waals surface area contributed by atoms with Gasteiger partial charge in [0.2, 0.25) is 0 Å². The van der Waals surface area contributed by atoms with Crippen molar-refractivity contribution in [3.05, 3.63) is 29.3 Å². The molecule has 0 saturated carbocycles. The maximum atomic E-state index is 13.5. The van der Waals surface area contributed by atoms with E-state index in [0.717, 1.165) is 62.1 Å². The zero-order valence-electron chi connectivity index (χ0n) is 22.2. The predicted molar refractivity (Wildman–Crippen MR) is 146 cm³/mol. The number of nitriles is 1. The summed E-state index contributed by atoms with van der Waals surface area (Å²) in [6.07, 6.45) is 1.09. The number of hydrogen-bond acceptors (Lipinski definition) is 6. The van der Waals surface area contributed by atoms with Gasteiger partial charge in [-0.15, -0.1) is 0 Å². The molecule has 2 N–H and O–H groups in total. The zero-order valence-corrected chi connectivity index (χ0v) is 23.8. The minimum atomic E-state index is -4.73. The van der Waals surface area contributed by atoms with Gasteiger partial charge in [0.15, 0.2) is 5.11 Å². The molecule has 0 spiro atoms. The molecule has 0 aromatic heterocycles. The predicted octanol–water partition coefficient (Wildman–Crippen LogP) is 3.45. The number of anilines is 1. The highest BCUT2D eigenvalue weighted by Gasteiger charge is 2.49. The number of thiocarbonyl (C=S) groups is 1. The van der Waals surface area contributed by atoms with Crippen LogP contribution in [0, 0.1) is 11.3 Å². The first-order chi connectivity index (χ1) is 18.2. The number of piperazine rings is 1. The van der Waals surface area contributed by atoms with E-state index in [1.165, 1.54) is 10.4 Å². The summed E-state index contributed by atoms with van der Waals surface area (Å²) >= 11 is 5.53.